The third kappa shape index (κ3) is 3.70. The summed E-state index contributed by atoms with van der Waals surface area (Å²) in [5.74, 6) is 0.210. The van der Waals surface area contributed by atoms with Crippen LogP contribution in [0.15, 0.2) is 36.4 Å². The van der Waals surface area contributed by atoms with E-state index in [1.807, 2.05) is 19.9 Å². The molecular weight excluding hydrogens is 208 g/mol. The Kier molecular flexibility index (Phi) is 4.89. The SMILES string of the molecule is CC.CC(=O)Cc1ccc2cc(C)ccc2c1. The lowest BCUT2D eigenvalue weighted by Gasteiger charge is -2.02. The normalized spacial score (nSPS) is 9.65. The molecule has 0 aliphatic heterocycles. The summed E-state index contributed by atoms with van der Waals surface area (Å²) in [7, 11) is 0. The quantitative estimate of drug-likeness (QED) is 0.748. The molecule has 0 bridgehead atoms. The van der Waals surface area contributed by atoms with Crippen LogP contribution >= 0.6 is 0 Å². The van der Waals surface area contributed by atoms with E-state index in [2.05, 4.69) is 37.3 Å². The Bertz CT molecular complexity index is 512. The van der Waals surface area contributed by atoms with Crippen LogP contribution in [-0.4, -0.2) is 5.78 Å². The summed E-state index contributed by atoms with van der Waals surface area (Å²) in [5.41, 5.74) is 2.36. The highest BCUT2D eigenvalue weighted by Gasteiger charge is 1.99. The van der Waals surface area contributed by atoms with Crippen molar-refractivity contribution >= 4 is 16.6 Å². The molecule has 0 saturated carbocycles. The van der Waals surface area contributed by atoms with E-state index in [9.17, 15) is 4.79 Å². The molecule has 0 radical (unpaired) electrons. The molecule has 0 atom stereocenters. The van der Waals surface area contributed by atoms with E-state index in [-0.39, 0.29) is 5.78 Å². The molecule has 2 aromatic rings. The van der Waals surface area contributed by atoms with E-state index in [4.69, 9.17) is 0 Å². The fraction of sp³-hybridized carbons (Fsp3) is 0.312. The molecule has 1 heteroatoms. The molecule has 0 aliphatic rings. The summed E-state index contributed by atoms with van der Waals surface area (Å²) < 4.78 is 0. The zero-order chi connectivity index (χ0) is 12.8. The smallest absolute Gasteiger partial charge is 0.134 e. The van der Waals surface area contributed by atoms with Crippen molar-refractivity contribution in [3.63, 3.8) is 0 Å². The van der Waals surface area contributed by atoms with Crippen LogP contribution in [0.4, 0.5) is 0 Å². The Balaban J connectivity index is 0.000000686. The molecule has 0 amide bonds. The van der Waals surface area contributed by atoms with E-state index >= 15 is 0 Å². The number of ketones is 1. The van der Waals surface area contributed by atoms with Gasteiger partial charge in [-0.05, 0) is 30.2 Å². The number of hydrogen-bond acceptors (Lipinski definition) is 1. The first-order valence-corrected chi connectivity index (χ1v) is 6.14. The lowest BCUT2D eigenvalue weighted by Crippen LogP contribution is -1.95. The maximum atomic E-state index is 11.0. The molecule has 0 heterocycles. The molecule has 0 aliphatic carbocycles. The summed E-state index contributed by atoms with van der Waals surface area (Å²) in [4.78, 5) is 11.0. The fourth-order valence-electron chi connectivity index (χ4n) is 1.81. The third-order valence-electron chi connectivity index (χ3n) is 2.51. The van der Waals surface area contributed by atoms with Gasteiger partial charge in [0, 0.05) is 6.42 Å². The highest BCUT2D eigenvalue weighted by molar-refractivity contribution is 5.85. The van der Waals surface area contributed by atoms with Gasteiger partial charge in [-0.3, -0.25) is 4.79 Å². The van der Waals surface area contributed by atoms with Crippen molar-refractivity contribution in [3.05, 3.63) is 47.5 Å². The lowest BCUT2D eigenvalue weighted by molar-refractivity contribution is -0.116. The summed E-state index contributed by atoms with van der Waals surface area (Å²) in [6.07, 6.45) is 0.532. The van der Waals surface area contributed by atoms with Gasteiger partial charge < -0.3 is 0 Å². The second-order valence-corrected chi connectivity index (χ2v) is 4.06. The summed E-state index contributed by atoms with van der Waals surface area (Å²) in [6.45, 7) is 7.71. The van der Waals surface area contributed by atoms with Gasteiger partial charge in [-0.25, -0.2) is 0 Å². The van der Waals surface area contributed by atoms with E-state index in [1.54, 1.807) is 6.92 Å². The zero-order valence-corrected chi connectivity index (χ0v) is 11.1. The minimum absolute atomic E-state index is 0.210. The number of aryl methyl sites for hydroxylation is 1. The van der Waals surface area contributed by atoms with Crippen LogP contribution < -0.4 is 0 Å². The van der Waals surface area contributed by atoms with Crippen molar-refractivity contribution in [1.82, 2.24) is 0 Å². The number of fused-ring (bicyclic) bond motifs is 1. The van der Waals surface area contributed by atoms with Crippen LogP contribution in [0, 0.1) is 6.92 Å². The fourth-order valence-corrected chi connectivity index (χ4v) is 1.81. The van der Waals surface area contributed by atoms with Crippen molar-refractivity contribution < 1.29 is 4.79 Å². The monoisotopic (exact) mass is 228 g/mol. The highest BCUT2D eigenvalue weighted by Crippen LogP contribution is 2.18. The average Bonchev–Trinajstić information content (AvgIpc) is 2.31. The van der Waals surface area contributed by atoms with Gasteiger partial charge in [-0.2, -0.15) is 0 Å². The van der Waals surface area contributed by atoms with Gasteiger partial charge in [-0.1, -0.05) is 55.8 Å². The third-order valence-corrected chi connectivity index (χ3v) is 2.51. The van der Waals surface area contributed by atoms with Gasteiger partial charge in [-0.15, -0.1) is 0 Å². The minimum Gasteiger partial charge on any atom is -0.300 e. The van der Waals surface area contributed by atoms with Crippen molar-refractivity contribution in [3.8, 4) is 0 Å². The van der Waals surface area contributed by atoms with Gasteiger partial charge in [0.1, 0.15) is 5.78 Å². The number of rotatable bonds is 2. The molecule has 0 aromatic heterocycles. The number of hydrogen-bond donors (Lipinski definition) is 0. The molecule has 0 spiro atoms. The first-order valence-electron chi connectivity index (χ1n) is 6.14. The Labute approximate surface area is 103 Å². The van der Waals surface area contributed by atoms with Crippen molar-refractivity contribution in [1.29, 1.82) is 0 Å². The molecule has 1 nitrogen and oxygen atoms in total. The molecule has 0 fully saturated rings. The van der Waals surface area contributed by atoms with Gasteiger partial charge in [0.2, 0.25) is 0 Å². The Morgan fingerprint density at radius 1 is 1.00 bits per heavy atom. The van der Waals surface area contributed by atoms with Gasteiger partial charge in [0.05, 0.1) is 0 Å². The van der Waals surface area contributed by atoms with Crippen LogP contribution in [0.5, 0.6) is 0 Å². The molecule has 2 aromatic carbocycles. The number of carbonyl (C=O) groups is 1. The van der Waals surface area contributed by atoms with E-state index in [0.29, 0.717) is 6.42 Å². The summed E-state index contributed by atoms with van der Waals surface area (Å²) >= 11 is 0. The second kappa shape index (κ2) is 6.19. The molecule has 0 saturated heterocycles. The van der Waals surface area contributed by atoms with Crippen LogP contribution in [0.25, 0.3) is 10.8 Å². The van der Waals surface area contributed by atoms with Crippen molar-refractivity contribution in [2.45, 2.75) is 34.1 Å². The average molecular weight is 228 g/mol. The van der Waals surface area contributed by atoms with Crippen LogP contribution in [0.3, 0.4) is 0 Å². The van der Waals surface area contributed by atoms with Crippen LogP contribution in [0.1, 0.15) is 31.9 Å². The summed E-state index contributed by atoms with van der Waals surface area (Å²) in [5, 5.41) is 2.45. The van der Waals surface area contributed by atoms with Crippen molar-refractivity contribution in [2.24, 2.45) is 0 Å². The van der Waals surface area contributed by atoms with Gasteiger partial charge in [0.15, 0.2) is 0 Å². The Hall–Kier alpha value is -1.63. The van der Waals surface area contributed by atoms with Crippen LogP contribution in [0.2, 0.25) is 0 Å². The largest absolute Gasteiger partial charge is 0.300 e. The standard InChI is InChI=1S/C14H14O.C2H6/c1-10-3-5-14-9-12(8-11(2)15)4-6-13(14)7-10;1-2/h3-7,9H,8H2,1-2H3;1-2H3. The zero-order valence-electron chi connectivity index (χ0n) is 11.1. The van der Waals surface area contributed by atoms with E-state index in [0.717, 1.165) is 5.56 Å². The van der Waals surface area contributed by atoms with E-state index < -0.39 is 0 Å². The summed E-state index contributed by atoms with van der Waals surface area (Å²) in [6, 6.07) is 12.6. The molecule has 2 rings (SSSR count). The topological polar surface area (TPSA) is 17.1 Å². The highest BCUT2D eigenvalue weighted by atomic mass is 16.1. The molecule has 0 N–H and O–H groups in total. The molecule has 0 unspecified atom stereocenters. The predicted octanol–water partition coefficient (Wildman–Crippen LogP) is 4.31. The first-order chi connectivity index (χ1) is 8.15. The maximum Gasteiger partial charge on any atom is 0.134 e. The minimum atomic E-state index is 0.210. The van der Waals surface area contributed by atoms with Crippen molar-refractivity contribution in [2.75, 3.05) is 0 Å². The van der Waals surface area contributed by atoms with E-state index in [1.165, 1.54) is 16.3 Å². The number of Topliss-reactive ketones (excluding diaryl/α,β-unsaturated/α-hetero) is 1. The number of carbonyl (C=O) groups excluding carboxylic acids is 1. The number of benzene rings is 2. The Morgan fingerprint density at radius 3 is 2.24 bits per heavy atom. The van der Waals surface area contributed by atoms with Crippen LogP contribution in [-0.2, 0) is 11.2 Å². The Morgan fingerprint density at radius 2 is 1.59 bits per heavy atom. The lowest BCUT2D eigenvalue weighted by atomic mass is 10.0. The molecule has 90 valence electrons. The molecular formula is C16H20O. The van der Waals surface area contributed by atoms with Gasteiger partial charge in [0.25, 0.3) is 0 Å². The molecule has 17 heavy (non-hydrogen) atoms. The second-order valence-electron chi connectivity index (χ2n) is 4.06. The first kappa shape index (κ1) is 13.4. The predicted molar refractivity (Wildman–Crippen MR) is 74.4 cm³/mol. The van der Waals surface area contributed by atoms with Gasteiger partial charge >= 0.3 is 0 Å². The maximum absolute atomic E-state index is 11.0.